The number of urea groups is 1. The molecule has 0 fully saturated rings. The second kappa shape index (κ2) is 8.30. The summed E-state index contributed by atoms with van der Waals surface area (Å²) in [5, 5.41) is 7.53. The lowest BCUT2D eigenvalue weighted by molar-refractivity contribution is -0.123. The molecule has 0 saturated carbocycles. The van der Waals surface area contributed by atoms with Gasteiger partial charge in [0.15, 0.2) is 6.61 Å². The van der Waals surface area contributed by atoms with Gasteiger partial charge in [-0.25, -0.2) is 9.59 Å². The molecule has 3 amide bonds. The topological polar surface area (TPSA) is 100 Å². The van der Waals surface area contributed by atoms with Crippen molar-refractivity contribution in [3.63, 3.8) is 0 Å². The van der Waals surface area contributed by atoms with Crippen molar-refractivity contribution in [3.8, 4) is 0 Å². The monoisotopic (exact) mass is 371 g/mol. The van der Waals surface area contributed by atoms with Gasteiger partial charge in [0, 0.05) is 22.3 Å². The molecule has 0 spiro atoms. The number of para-hydroxylation sites is 1. The summed E-state index contributed by atoms with van der Waals surface area (Å²) < 4.78 is 4.92. The zero-order valence-corrected chi connectivity index (χ0v) is 14.6. The van der Waals surface area contributed by atoms with Gasteiger partial charge < -0.3 is 15.0 Å². The summed E-state index contributed by atoms with van der Waals surface area (Å²) in [7, 11) is 0. The molecule has 0 aliphatic carbocycles. The van der Waals surface area contributed by atoms with Gasteiger partial charge in [0.25, 0.3) is 5.91 Å². The van der Waals surface area contributed by atoms with Crippen molar-refractivity contribution in [1.29, 1.82) is 0 Å². The Labute approximate surface area is 153 Å². The van der Waals surface area contributed by atoms with E-state index in [9.17, 15) is 14.4 Å². The molecule has 0 radical (unpaired) electrons. The Morgan fingerprint density at radius 3 is 2.73 bits per heavy atom. The molecule has 0 atom stereocenters. The smallest absolute Gasteiger partial charge is 0.355 e. The van der Waals surface area contributed by atoms with Crippen LogP contribution in [0.4, 0.5) is 4.79 Å². The number of H-pyrrole nitrogens is 1. The number of amides is 3. The molecule has 2 heterocycles. The van der Waals surface area contributed by atoms with E-state index in [-0.39, 0.29) is 5.69 Å². The number of ether oxygens (including phenoxy) is 1. The van der Waals surface area contributed by atoms with Crippen molar-refractivity contribution in [2.75, 3.05) is 13.2 Å². The molecule has 2 aromatic heterocycles. The molecule has 3 aromatic rings. The van der Waals surface area contributed by atoms with Crippen LogP contribution in [0, 0.1) is 0 Å². The molecule has 0 aliphatic rings. The van der Waals surface area contributed by atoms with Gasteiger partial charge in [0.1, 0.15) is 5.69 Å². The molecule has 3 rings (SSSR count). The number of esters is 1. The van der Waals surface area contributed by atoms with Crippen LogP contribution in [-0.4, -0.2) is 36.0 Å². The SMILES string of the molecule is O=C(COC(=O)c1cc2ccccc2[nH]1)NC(=O)NCCc1cccs1. The van der Waals surface area contributed by atoms with Crippen LogP contribution in [0.3, 0.4) is 0 Å². The van der Waals surface area contributed by atoms with E-state index in [2.05, 4.69) is 15.6 Å². The van der Waals surface area contributed by atoms with Gasteiger partial charge in [-0.05, 0) is 30.0 Å². The Hall–Kier alpha value is -3.13. The first-order chi connectivity index (χ1) is 12.6. The number of nitrogens with one attached hydrogen (secondary N) is 3. The van der Waals surface area contributed by atoms with E-state index in [4.69, 9.17) is 4.74 Å². The highest BCUT2D eigenvalue weighted by atomic mass is 32.1. The summed E-state index contributed by atoms with van der Waals surface area (Å²) in [4.78, 5) is 39.4. The highest BCUT2D eigenvalue weighted by molar-refractivity contribution is 7.09. The standard InChI is InChI=1S/C18H17N3O4S/c22-16(21-18(24)19-8-7-13-5-3-9-26-13)11-25-17(23)15-10-12-4-1-2-6-14(12)20-15/h1-6,9-10,20H,7-8,11H2,(H2,19,21,22,24). The molecule has 26 heavy (non-hydrogen) atoms. The zero-order valence-electron chi connectivity index (χ0n) is 13.8. The van der Waals surface area contributed by atoms with Gasteiger partial charge in [0.2, 0.25) is 0 Å². The molecule has 3 N–H and O–H groups in total. The highest BCUT2D eigenvalue weighted by Crippen LogP contribution is 2.15. The van der Waals surface area contributed by atoms with Crippen LogP contribution in [0.15, 0.2) is 47.8 Å². The van der Waals surface area contributed by atoms with Crippen molar-refractivity contribution >= 4 is 40.1 Å². The molecule has 1 aromatic carbocycles. The van der Waals surface area contributed by atoms with Gasteiger partial charge in [-0.15, -0.1) is 11.3 Å². The van der Waals surface area contributed by atoms with Crippen molar-refractivity contribution in [1.82, 2.24) is 15.6 Å². The van der Waals surface area contributed by atoms with E-state index in [1.54, 1.807) is 17.4 Å². The van der Waals surface area contributed by atoms with Crippen molar-refractivity contribution in [2.45, 2.75) is 6.42 Å². The third kappa shape index (κ3) is 4.70. The number of rotatable bonds is 6. The van der Waals surface area contributed by atoms with E-state index in [0.29, 0.717) is 13.0 Å². The number of benzene rings is 1. The number of imide groups is 1. The van der Waals surface area contributed by atoms with Crippen LogP contribution < -0.4 is 10.6 Å². The maximum atomic E-state index is 12.0. The number of carbonyl (C=O) groups is 3. The summed E-state index contributed by atoms with van der Waals surface area (Å²) in [6.07, 6.45) is 0.689. The normalized spacial score (nSPS) is 10.5. The molecule has 0 aliphatic heterocycles. The summed E-state index contributed by atoms with van der Waals surface area (Å²) in [5.41, 5.74) is 1.05. The quantitative estimate of drug-likeness (QED) is 0.580. The largest absolute Gasteiger partial charge is 0.451 e. The molecule has 0 unspecified atom stereocenters. The lowest BCUT2D eigenvalue weighted by Crippen LogP contribution is -2.42. The predicted octanol–water partition coefficient (Wildman–Crippen LogP) is 2.45. The van der Waals surface area contributed by atoms with Gasteiger partial charge in [0.05, 0.1) is 0 Å². The van der Waals surface area contributed by atoms with Crippen LogP contribution in [0.1, 0.15) is 15.4 Å². The fourth-order valence-corrected chi connectivity index (χ4v) is 3.06. The first-order valence-electron chi connectivity index (χ1n) is 7.97. The highest BCUT2D eigenvalue weighted by Gasteiger charge is 2.14. The second-order valence-corrected chi connectivity index (χ2v) is 6.51. The number of carbonyl (C=O) groups excluding carboxylic acids is 3. The Bertz CT molecular complexity index is 885. The lowest BCUT2D eigenvalue weighted by Gasteiger charge is -2.06. The molecule has 7 nitrogen and oxygen atoms in total. The van der Waals surface area contributed by atoms with Crippen LogP contribution in [0.2, 0.25) is 0 Å². The van der Waals surface area contributed by atoms with Gasteiger partial charge >= 0.3 is 12.0 Å². The van der Waals surface area contributed by atoms with Crippen molar-refractivity contribution in [2.24, 2.45) is 0 Å². The maximum absolute atomic E-state index is 12.0. The van der Waals surface area contributed by atoms with E-state index >= 15 is 0 Å². The van der Waals surface area contributed by atoms with Gasteiger partial charge in [-0.2, -0.15) is 0 Å². The Morgan fingerprint density at radius 1 is 1.12 bits per heavy atom. The third-order valence-electron chi connectivity index (χ3n) is 3.57. The molecule has 0 saturated heterocycles. The predicted molar refractivity (Wildman–Crippen MR) is 98.1 cm³/mol. The van der Waals surface area contributed by atoms with Crippen molar-refractivity contribution < 1.29 is 19.1 Å². The third-order valence-corrected chi connectivity index (χ3v) is 4.51. The number of thiophene rings is 1. The zero-order chi connectivity index (χ0) is 18.4. The Balaban J connectivity index is 1.40. The average molecular weight is 371 g/mol. The Kier molecular flexibility index (Phi) is 5.65. The maximum Gasteiger partial charge on any atom is 0.355 e. The first-order valence-corrected chi connectivity index (χ1v) is 8.85. The summed E-state index contributed by atoms with van der Waals surface area (Å²) in [6.45, 7) is -0.124. The van der Waals surface area contributed by atoms with Gasteiger partial charge in [-0.3, -0.25) is 10.1 Å². The molecule has 8 heteroatoms. The fraction of sp³-hybridized carbons (Fsp3) is 0.167. The average Bonchev–Trinajstić information content (AvgIpc) is 3.28. The minimum atomic E-state index is -0.692. The van der Waals surface area contributed by atoms with E-state index < -0.39 is 24.5 Å². The van der Waals surface area contributed by atoms with E-state index in [0.717, 1.165) is 15.8 Å². The van der Waals surface area contributed by atoms with E-state index in [1.165, 1.54) is 0 Å². The van der Waals surface area contributed by atoms with Crippen LogP contribution in [0.25, 0.3) is 10.9 Å². The molecular formula is C18H17N3O4S. The number of aromatic nitrogens is 1. The van der Waals surface area contributed by atoms with Crippen LogP contribution >= 0.6 is 11.3 Å². The minimum absolute atomic E-state index is 0.249. The number of hydrogen-bond donors (Lipinski definition) is 3. The molecule has 0 bridgehead atoms. The van der Waals surface area contributed by atoms with Gasteiger partial charge in [-0.1, -0.05) is 24.3 Å². The van der Waals surface area contributed by atoms with Crippen LogP contribution in [0.5, 0.6) is 0 Å². The number of hydrogen-bond acceptors (Lipinski definition) is 5. The Morgan fingerprint density at radius 2 is 1.96 bits per heavy atom. The lowest BCUT2D eigenvalue weighted by atomic mass is 10.2. The summed E-state index contributed by atoms with van der Waals surface area (Å²) >= 11 is 1.60. The number of aromatic amines is 1. The van der Waals surface area contributed by atoms with E-state index in [1.807, 2.05) is 41.8 Å². The minimum Gasteiger partial charge on any atom is -0.451 e. The summed E-state index contributed by atoms with van der Waals surface area (Å²) in [6, 6.07) is 12.3. The molecular weight excluding hydrogens is 354 g/mol. The molecule has 134 valence electrons. The fourth-order valence-electron chi connectivity index (χ4n) is 2.35. The number of fused-ring (bicyclic) bond motifs is 1. The first kappa shape index (κ1) is 17.7. The summed E-state index contributed by atoms with van der Waals surface area (Å²) in [5.74, 6) is -1.35. The van der Waals surface area contributed by atoms with Crippen molar-refractivity contribution in [3.05, 3.63) is 58.4 Å². The second-order valence-electron chi connectivity index (χ2n) is 5.48. The van der Waals surface area contributed by atoms with Crippen LogP contribution in [-0.2, 0) is 16.0 Å².